The van der Waals surface area contributed by atoms with E-state index in [1.165, 1.54) is 16.4 Å². The summed E-state index contributed by atoms with van der Waals surface area (Å²) in [6.45, 7) is 2.64. The summed E-state index contributed by atoms with van der Waals surface area (Å²) in [6, 6.07) is 5.05. The van der Waals surface area contributed by atoms with E-state index < -0.39 is 21.9 Å². The average molecular weight is 431 g/mol. The van der Waals surface area contributed by atoms with Crippen molar-refractivity contribution >= 4 is 31.9 Å². The van der Waals surface area contributed by atoms with Crippen molar-refractivity contribution in [1.82, 2.24) is 4.31 Å². The van der Waals surface area contributed by atoms with Crippen LogP contribution in [0.25, 0.3) is 0 Å². The Labute approximate surface area is 155 Å². The Bertz CT molecular complexity index is 803. The first kappa shape index (κ1) is 19.7. The van der Waals surface area contributed by atoms with Gasteiger partial charge in [0, 0.05) is 19.2 Å². The van der Waals surface area contributed by atoms with E-state index in [4.69, 9.17) is 14.7 Å². The second kappa shape index (κ2) is 8.17. The van der Waals surface area contributed by atoms with Gasteiger partial charge in [0.1, 0.15) is 0 Å². The molecule has 0 radical (unpaired) electrons. The van der Waals surface area contributed by atoms with Gasteiger partial charge in [0.25, 0.3) is 0 Å². The molecule has 1 aromatic rings. The molecule has 1 aliphatic rings. The zero-order chi connectivity index (χ0) is 18.6. The molecule has 136 valence electrons. The highest BCUT2D eigenvalue weighted by molar-refractivity contribution is 9.10. The highest BCUT2D eigenvalue weighted by Gasteiger charge is 2.32. The third-order valence-corrected chi connectivity index (χ3v) is 5.69. The topological polar surface area (TPSA) is 96.7 Å². The number of nitriles is 1. The number of esters is 1. The van der Waals surface area contributed by atoms with Gasteiger partial charge in [0.2, 0.25) is 10.0 Å². The number of ether oxygens (including phenoxy) is 2. The second-order valence-electron chi connectivity index (χ2n) is 5.71. The maximum atomic E-state index is 12.5. The standard InChI is InChI=1S/C16H19BrN2O5S/c1-3-23-14-8-11(9-18)7-13(17)15(14)24-16(20)12-5-4-6-19(10-12)25(2,21)22/h7-8,12H,3-6,10H2,1-2H3. The Kier molecular flexibility index (Phi) is 6.43. The molecule has 1 saturated heterocycles. The molecule has 9 heteroatoms. The number of sulfonamides is 1. The van der Waals surface area contributed by atoms with E-state index in [0.29, 0.717) is 36.0 Å². The van der Waals surface area contributed by atoms with Crippen LogP contribution in [0.15, 0.2) is 16.6 Å². The molecule has 1 heterocycles. The van der Waals surface area contributed by atoms with Crippen LogP contribution in [0.5, 0.6) is 11.5 Å². The Morgan fingerprint density at radius 3 is 2.80 bits per heavy atom. The first-order valence-electron chi connectivity index (χ1n) is 7.79. The van der Waals surface area contributed by atoms with Crippen LogP contribution in [-0.2, 0) is 14.8 Å². The van der Waals surface area contributed by atoms with Crippen molar-refractivity contribution in [2.75, 3.05) is 26.0 Å². The number of carbonyl (C=O) groups is 1. The fourth-order valence-electron chi connectivity index (χ4n) is 2.61. The molecule has 0 N–H and O–H groups in total. The van der Waals surface area contributed by atoms with Gasteiger partial charge >= 0.3 is 5.97 Å². The summed E-state index contributed by atoms with van der Waals surface area (Å²) in [5, 5.41) is 9.04. The van der Waals surface area contributed by atoms with E-state index in [9.17, 15) is 13.2 Å². The lowest BCUT2D eigenvalue weighted by Crippen LogP contribution is -2.42. The van der Waals surface area contributed by atoms with Crippen LogP contribution in [-0.4, -0.2) is 44.6 Å². The highest BCUT2D eigenvalue weighted by atomic mass is 79.9. The zero-order valence-corrected chi connectivity index (χ0v) is 16.4. The maximum Gasteiger partial charge on any atom is 0.315 e. The fraction of sp³-hybridized carbons (Fsp3) is 0.500. The number of nitrogens with zero attached hydrogens (tertiary/aromatic N) is 2. The van der Waals surface area contributed by atoms with Crippen molar-refractivity contribution in [2.45, 2.75) is 19.8 Å². The molecule has 7 nitrogen and oxygen atoms in total. The minimum Gasteiger partial charge on any atom is -0.490 e. The molecule has 1 aromatic carbocycles. The van der Waals surface area contributed by atoms with Crippen molar-refractivity contribution in [3.63, 3.8) is 0 Å². The predicted molar refractivity (Wildman–Crippen MR) is 94.8 cm³/mol. The predicted octanol–water partition coefficient (Wildman–Crippen LogP) is 2.30. The Hall–Kier alpha value is -1.63. The minimum absolute atomic E-state index is 0.107. The van der Waals surface area contributed by atoms with Crippen LogP contribution < -0.4 is 9.47 Å². The van der Waals surface area contributed by atoms with Crippen LogP contribution in [0.3, 0.4) is 0 Å². The number of carbonyl (C=O) groups excluding carboxylic acids is 1. The number of halogens is 1. The minimum atomic E-state index is -3.34. The van der Waals surface area contributed by atoms with Crippen LogP contribution in [0.4, 0.5) is 0 Å². The second-order valence-corrected chi connectivity index (χ2v) is 8.55. The van der Waals surface area contributed by atoms with E-state index in [2.05, 4.69) is 15.9 Å². The number of hydrogen-bond acceptors (Lipinski definition) is 6. The summed E-state index contributed by atoms with van der Waals surface area (Å²) < 4.78 is 36.1. The van der Waals surface area contributed by atoms with E-state index >= 15 is 0 Å². The molecule has 0 aliphatic carbocycles. The maximum absolute atomic E-state index is 12.5. The van der Waals surface area contributed by atoms with Crippen LogP contribution in [0.2, 0.25) is 0 Å². The van der Waals surface area contributed by atoms with E-state index in [1.807, 2.05) is 6.07 Å². The number of rotatable bonds is 5. The molecule has 0 bridgehead atoms. The summed E-state index contributed by atoms with van der Waals surface area (Å²) in [7, 11) is -3.34. The van der Waals surface area contributed by atoms with Crippen molar-refractivity contribution in [2.24, 2.45) is 5.92 Å². The van der Waals surface area contributed by atoms with Crippen molar-refractivity contribution in [3.8, 4) is 17.6 Å². The number of benzene rings is 1. The fourth-order valence-corrected chi connectivity index (χ4v) is 4.05. The molecule has 0 amide bonds. The summed E-state index contributed by atoms with van der Waals surface area (Å²) in [4.78, 5) is 12.5. The molecular formula is C16H19BrN2O5S. The third kappa shape index (κ3) is 4.93. The van der Waals surface area contributed by atoms with Crippen LogP contribution in [0, 0.1) is 17.2 Å². The van der Waals surface area contributed by atoms with Gasteiger partial charge in [-0.25, -0.2) is 12.7 Å². The largest absolute Gasteiger partial charge is 0.490 e. The van der Waals surface area contributed by atoms with E-state index in [1.54, 1.807) is 6.92 Å². The van der Waals surface area contributed by atoms with E-state index in [0.717, 1.165) is 6.26 Å². The Morgan fingerprint density at radius 2 is 2.20 bits per heavy atom. The lowest BCUT2D eigenvalue weighted by atomic mass is 10.00. The molecule has 0 spiro atoms. The lowest BCUT2D eigenvalue weighted by molar-refractivity contribution is -0.140. The highest BCUT2D eigenvalue weighted by Crippen LogP contribution is 2.37. The number of hydrogen-bond donors (Lipinski definition) is 0. The van der Waals surface area contributed by atoms with Crippen molar-refractivity contribution in [3.05, 3.63) is 22.2 Å². The smallest absolute Gasteiger partial charge is 0.315 e. The van der Waals surface area contributed by atoms with Gasteiger partial charge in [0.05, 0.1) is 34.9 Å². The molecule has 0 aromatic heterocycles. The molecule has 25 heavy (non-hydrogen) atoms. The van der Waals surface area contributed by atoms with E-state index in [-0.39, 0.29) is 18.0 Å². The van der Waals surface area contributed by atoms with Gasteiger partial charge in [0.15, 0.2) is 11.5 Å². The lowest BCUT2D eigenvalue weighted by Gasteiger charge is -2.29. The molecule has 2 rings (SSSR count). The first-order valence-corrected chi connectivity index (χ1v) is 10.4. The van der Waals surface area contributed by atoms with Crippen LogP contribution in [0.1, 0.15) is 25.3 Å². The molecule has 1 unspecified atom stereocenters. The summed E-state index contributed by atoms with van der Waals surface area (Å²) in [6.07, 6.45) is 2.29. The Morgan fingerprint density at radius 1 is 1.48 bits per heavy atom. The first-order chi connectivity index (χ1) is 11.8. The quantitative estimate of drug-likeness (QED) is 0.524. The normalized spacial score (nSPS) is 18.4. The number of piperidine rings is 1. The van der Waals surface area contributed by atoms with Gasteiger partial charge in [-0.1, -0.05) is 0 Å². The molecule has 1 atom stereocenters. The van der Waals surface area contributed by atoms with Gasteiger partial charge in [-0.2, -0.15) is 5.26 Å². The average Bonchev–Trinajstić information content (AvgIpc) is 2.57. The molecule has 1 aliphatic heterocycles. The summed E-state index contributed by atoms with van der Waals surface area (Å²) in [5.41, 5.74) is 0.371. The van der Waals surface area contributed by atoms with Gasteiger partial charge in [-0.3, -0.25) is 4.79 Å². The zero-order valence-electron chi connectivity index (χ0n) is 14.0. The molecule has 0 saturated carbocycles. The molecule has 1 fully saturated rings. The van der Waals surface area contributed by atoms with Gasteiger partial charge in [-0.05, 0) is 41.8 Å². The summed E-state index contributed by atoms with van der Waals surface area (Å²) in [5.74, 6) is -0.569. The monoisotopic (exact) mass is 430 g/mol. The Balaban J connectivity index is 2.21. The molecular weight excluding hydrogens is 412 g/mol. The van der Waals surface area contributed by atoms with Crippen molar-refractivity contribution < 1.29 is 22.7 Å². The SMILES string of the molecule is CCOc1cc(C#N)cc(Br)c1OC(=O)C1CCCN(S(C)(=O)=O)C1. The van der Waals surface area contributed by atoms with Crippen LogP contribution >= 0.6 is 15.9 Å². The van der Waals surface area contributed by atoms with Gasteiger partial charge in [-0.15, -0.1) is 0 Å². The third-order valence-electron chi connectivity index (χ3n) is 3.83. The summed E-state index contributed by atoms with van der Waals surface area (Å²) >= 11 is 3.29. The van der Waals surface area contributed by atoms with Gasteiger partial charge < -0.3 is 9.47 Å². The van der Waals surface area contributed by atoms with Crippen molar-refractivity contribution in [1.29, 1.82) is 5.26 Å².